The Bertz CT molecular complexity index is 899. The maximum Gasteiger partial charge on any atom is 0.253 e. The topological polar surface area (TPSA) is 88.3 Å². The van der Waals surface area contributed by atoms with Crippen LogP contribution in [0, 0.1) is 17.7 Å². The average molecular weight is 414 g/mol. The van der Waals surface area contributed by atoms with E-state index >= 15 is 0 Å². The molecule has 1 aromatic carbocycles. The van der Waals surface area contributed by atoms with Crippen LogP contribution < -0.4 is 5.32 Å². The van der Waals surface area contributed by atoms with E-state index in [0.717, 1.165) is 18.7 Å². The molecule has 1 aliphatic carbocycles. The Labute approximate surface area is 175 Å². The molecule has 1 N–H and O–H groups in total. The first-order valence-electron chi connectivity index (χ1n) is 10.6. The molecule has 2 amide bonds. The molecule has 2 heterocycles. The normalized spacial score (nSPS) is 18.5. The first-order valence-corrected chi connectivity index (χ1v) is 10.6. The molecule has 2 fully saturated rings. The van der Waals surface area contributed by atoms with Crippen LogP contribution in [0.2, 0.25) is 0 Å². The number of amides is 2. The van der Waals surface area contributed by atoms with Gasteiger partial charge >= 0.3 is 0 Å². The number of benzene rings is 1. The van der Waals surface area contributed by atoms with E-state index < -0.39 is 0 Å². The highest BCUT2D eigenvalue weighted by Crippen LogP contribution is 2.38. The van der Waals surface area contributed by atoms with Crippen molar-refractivity contribution < 1.29 is 18.5 Å². The zero-order chi connectivity index (χ0) is 21.3. The molecule has 30 heavy (non-hydrogen) atoms. The first kappa shape index (κ1) is 20.5. The van der Waals surface area contributed by atoms with Gasteiger partial charge in [-0.25, -0.2) is 4.39 Å². The van der Waals surface area contributed by atoms with Gasteiger partial charge in [0.1, 0.15) is 11.9 Å². The summed E-state index contributed by atoms with van der Waals surface area (Å²) in [4.78, 5) is 31.7. The molecule has 1 aliphatic heterocycles. The lowest BCUT2D eigenvalue weighted by atomic mass is 9.94. The minimum absolute atomic E-state index is 0.0475. The van der Waals surface area contributed by atoms with Crippen molar-refractivity contribution in [3.63, 3.8) is 0 Å². The molecule has 1 aromatic heterocycles. The number of piperidine rings is 1. The lowest BCUT2D eigenvalue weighted by Crippen LogP contribution is -2.44. The Morgan fingerprint density at radius 2 is 1.80 bits per heavy atom. The molecule has 8 heteroatoms. The van der Waals surface area contributed by atoms with Gasteiger partial charge in [0.05, 0.1) is 0 Å². The molecule has 0 spiro atoms. The molecule has 160 valence electrons. The summed E-state index contributed by atoms with van der Waals surface area (Å²) in [7, 11) is 0. The summed E-state index contributed by atoms with van der Waals surface area (Å²) in [5.41, 5.74) is 0.460. The Hall–Kier alpha value is -2.77. The van der Waals surface area contributed by atoms with Gasteiger partial charge in [-0.1, -0.05) is 19.0 Å². The van der Waals surface area contributed by atoms with E-state index in [1.54, 1.807) is 4.90 Å². The minimum Gasteiger partial charge on any atom is -0.344 e. The zero-order valence-electron chi connectivity index (χ0n) is 17.3. The van der Waals surface area contributed by atoms with E-state index in [1.807, 2.05) is 13.8 Å². The fraction of sp³-hybridized carbons (Fsp3) is 0.545. The Kier molecular flexibility index (Phi) is 5.83. The number of hydrogen-bond donors (Lipinski definition) is 1. The maximum absolute atomic E-state index is 13.1. The number of rotatable bonds is 6. The van der Waals surface area contributed by atoms with Crippen LogP contribution in [0.5, 0.6) is 0 Å². The van der Waals surface area contributed by atoms with Gasteiger partial charge in [-0.3, -0.25) is 9.59 Å². The SMILES string of the molecule is CC(C)C(NC(=O)C1CCN(C(=O)c2ccc(F)cc2)CC1)c1nc(C2CC2)no1. The van der Waals surface area contributed by atoms with Crippen molar-refractivity contribution in [3.8, 4) is 0 Å². The van der Waals surface area contributed by atoms with Crippen LogP contribution >= 0.6 is 0 Å². The maximum atomic E-state index is 13.1. The summed E-state index contributed by atoms with van der Waals surface area (Å²) in [6.07, 6.45) is 3.35. The van der Waals surface area contributed by atoms with Gasteiger partial charge in [0, 0.05) is 30.5 Å². The summed E-state index contributed by atoms with van der Waals surface area (Å²) in [6.45, 7) is 5.01. The van der Waals surface area contributed by atoms with Gasteiger partial charge in [-0.15, -0.1) is 0 Å². The second kappa shape index (κ2) is 8.53. The van der Waals surface area contributed by atoms with Crippen molar-refractivity contribution in [1.29, 1.82) is 0 Å². The molecule has 1 atom stereocenters. The van der Waals surface area contributed by atoms with Crippen molar-refractivity contribution in [3.05, 3.63) is 47.4 Å². The lowest BCUT2D eigenvalue weighted by molar-refractivity contribution is -0.127. The Morgan fingerprint density at radius 1 is 1.13 bits per heavy atom. The smallest absolute Gasteiger partial charge is 0.253 e. The number of halogens is 1. The highest BCUT2D eigenvalue weighted by Gasteiger charge is 2.34. The van der Waals surface area contributed by atoms with Gasteiger partial charge in [0.15, 0.2) is 5.82 Å². The summed E-state index contributed by atoms with van der Waals surface area (Å²) < 4.78 is 18.5. The highest BCUT2D eigenvalue weighted by atomic mass is 19.1. The zero-order valence-corrected chi connectivity index (χ0v) is 17.3. The number of carbonyl (C=O) groups is 2. The molecule has 4 rings (SSSR count). The van der Waals surface area contributed by atoms with Gasteiger partial charge in [-0.05, 0) is 55.9 Å². The highest BCUT2D eigenvalue weighted by molar-refractivity contribution is 5.94. The molecular formula is C22H27FN4O3. The lowest BCUT2D eigenvalue weighted by Gasteiger charge is -2.32. The summed E-state index contributed by atoms with van der Waals surface area (Å²) in [5, 5.41) is 7.14. The second-order valence-corrected chi connectivity index (χ2v) is 8.57. The van der Waals surface area contributed by atoms with Gasteiger partial charge < -0.3 is 14.7 Å². The van der Waals surface area contributed by atoms with Crippen molar-refractivity contribution in [1.82, 2.24) is 20.4 Å². The number of nitrogens with one attached hydrogen (secondary N) is 1. The van der Waals surface area contributed by atoms with Crippen LogP contribution in [-0.2, 0) is 4.79 Å². The van der Waals surface area contributed by atoms with Gasteiger partial charge in [0.2, 0.25) is 11.8 Å². The number of hydrogen-bond acceptors (Lipinski definition) is 5. The van der Waals surface area contributed by atoms with E-state index in [2.05, 4.69) is 15.5 Å². The predicted octanol–water partition coefficient (Wildman–Crippen LogP) is 3.45. The molecule has 1 saturated carbocycles. The van der Waals surface area contributed by atoms with Crippen molar-refractivity contribution in [2.24, 2.45) is 11.8 Å². The summed E-state index contributed by atoms with van der Waals surface area (Å²) in [6, 6.07) is 5.22. The van der Waals surface area contributed by atoms with Crippen LogP contribution in [0.4, 0.5) is 4.39 Å². The van der Waals surface area contributed by atoms with E-state index in [1.165, 1.54) is 24.3 Å². The minimum atomic E-state index is -0.368. The number of likely N-dealkylation sites (tertiary alicyclic amines) is 1. The third-order valence-corrected chi connectivity index (χ3v) is 5.87. The van der Waals surface area contributed by atoms with Crippen LogP contribution in [0.1, 0.15) is 73.6 Å². The van der Waals surface area contributed by atoms with Crippen LogP contribution in [0.25, 0.3) is 0 Å². The largest absolute Gasteiger partial charge is 0.344 e. The van der Waals surface area contributed by atoms with Gasteiger partial charge in [0.25, 0.3) is 5.91 Å². The van der Waals surface area contributed by atoms with Crippen LogP contribution in [-0.4, -0.2) is 39.9 Å². The molecule has 0 radical (unpaired) electrons. The second-order valence-electron chi connectivity index (χ2n) is 8.57. The number of carbonyl (C=O) groups excluding carboxylic acids is 2. The van der Waals surface area contributed by atoms with E-state index in [-0.39, 0.29) is 35.5 Å². The summed E-state index contributed by atoms with van der Waals surface area (Å²) >= 11 is 0. The monoisotopic (exact) mass is 414 g/mol. The van der Waals surface area contributed by atoms with E-state index in [0.29, 0.717) is 43.3 Å². The fourth-order valence-electron chi connectivity index (χ4n) is 3.79. The van der Waals surface area contributed by atoms with E-state index in [4.69, 9.17) is 4.52 Å². The molecule has 7 nitrogen and oxygen atoms in total. The van der Waals surface area contributed by atoms with Crippen molar-refractivity contribution in [2.45, 2.75) is 51.5 Å². The molecule has 2 aliphatic rings. The third kappa shape index (κ3) is 4.52. The molecule has 0 bridgehead atoms. The quantitative estimate of drug-likeness (QED) is 0.782. The number of aromatic nitrogens is 2. The predicted molar refractivity (Wildman–Crippen MR) is 107 cm³/mol. The Morgan fingerprint density at radius 3 is 2.40 bits per heavy atom. The van der Waals surface area contributed by atoms with Crippen LogP contribution in [0.3, 0.4) is 0 Å². The van der Waals surface area contributed by atoms with Crippen molar-refractivity contribution >= 4 is 11.8 Å². The van der Waals surface area contributed by atoms with Crippen LogP contribution in [0.15, 0.2) is 28.8 Å². The average Bonchev–Trinajstić information content (AvgIpc) is 3.49. The fourth-order valence-corrected chi connectivity index (χ4v) is 3.79. The number of nitrogens with zero attached hydrogens (tertiary/aromatic N) is 3. The standard InChI is InChI=1S/C22H27FN4O3/c1-13(2)18(21-25-19(26-30-21)14-3-4-14)24-20(28)15-9-11-27(12-10-15)22(29)16-5-7-17(23)8-6-16/h5-8,13-15,18H,3-4,9-12H2,1-2H3,(H,24,28). The van der Waals surface area contributed by atoms with Crippen molar-refractivity contribution in [2.75, 3.05) is 13.1 Å². The summed E-state index contributed by atoms with van der Waals surface area (Å²) in [5.74, 6) is 0.986. The molecule has 2 aromatic rings. The van der Waals surface area contributed by atoms with E-state index in [9.17, 15) is 14.0 Å². The first-order chi connectivity index (χ1) is 14.4. The molecule has 1 unspecified atom stereocenters. The third-order valence-electron chi connectivity index (χ3n) is 5.87. The molecule has 1 saturated heterocycles. The molecular weight excluding hydrogens is 387 g/mol. The van der Waals surface area contributed by atoms with Gasteiger partial charge in [-0.2, -0.15) is 4.98 Å². The Balaban J connectivity index is 1.33.